The molecule has 0 radical (unpaired) electrons. The molecule has 1 saturated carbocycles. The van der Waals surface area contributed by atoms with Crippen molar-refractivity contribution in [2.45, 2.75) is 51.6 Å². The van der Waals surface area contributed by atoms with E-state index >= 15 is 0 Å². The van der Waals surface area contributed by atoms with E-state index in [1.807, 2.05) is 0 Å². The lowest BCUT2D eigenvalue weighted by atomic mass is 9.80. The minimum atomic E-state index is 0.0347. The summed E-state index contributed by atoms with van der Waals surface area (Å²) in [5.74, 6) is 0. The number of hydrogen-bond acceptors (Lipinski definition) is 1. The Morgan fingerprint density at radius 3 is 2.33 bits per heavy atom. The first-order chi connectivity index (χ1) is 5.71. The van der Waals surface area contributed by atoms with Crippen LogP contribution in [0.5, 0.6) is 0 Å². The van der Waals surface area contributed by atoms with Crippen LogP contribution < -0.4 is 0 Å². The predicted octanol–water partition coefficient (Wildman–Crippen LogP) is 3.30. The van der Waals surface area contributed by atoms with Crippen LogP contribution in [0.15, 0.2) is 12.2 Å². The van der Waals surface area contributed by atoms with Crippen LogP contribution in [0.3, 0.4) is 0 Å². The molecular formula is C11H20O. The number of hydrogen-bond donors (Lipinski definition) is 0. The highest BCUT2D eigenvalue weighted by atomic mass is 16.5. The molecule has 1 rings (SSSR count). The second-order valence-electron chi connectivity index (χ2n) is 3.77. The van der Waals surface area contributed by atoms with Gasteiger partial charge in [0.2, 0.25) is 0 Å². The molecule has 0 atom stereocenters. The van der Waals surface area contributed by atoms with Gasteiger partial charge in [-0.05, 0) is 32.3 Å². The van der Waals surface area contributed by atoms with Crippen LogP contribution in [0, 0.1) is 0 Å². The van der Waals surface area contributed by atoms with Crippen molar-refractivity contribution in [2.75, 3.05) is 6.61 Å². The maximum absolute atomic E-state index is 5.83. The van der Waals surface area contributed by atoms with Crippen molar-refractivity contribution in [2.24, 2.45) is 0 Å². The molecule has 0 aromatic heterocycles. The summed E-state index contributed by atoms with van der Waals surface area (Å²) in [5, 5.41) is 0. The molecule has 0 spiro atoms. The lowest BCUT2D eigenvalue weighted by Gasteiger charge is -2.37. The predicted molar refractivity (Wildman–Crippen MR) is 52.3 cm³/mol. The zero-order chi connectivity index (χ0) is 9.03. The third-order valence-corrected chi connectivity index (χ3v) is 2.86. The van der Waals surface area contributed by atoms with Crippen molar-refractivity contribution in [1.82, 2.24) is 0 Å². The molecule has 1 aliphatic carbocycles. The van der Waals surface area contributed by atoms with Gasteiger partial charge in [-0.3, -0.25) is 0 Å². The molecule has 0 saturated heterocycles. The smallest absolute Gasteiger partial charge is 0.0886 e. The molecule has 0 unspecified atom stereocenters. The fourth-order valence-corrected chi connectivity index (χ4v) is 2.09. The summed E-state index contributed by atoms with van der Waals surface area (Å²) in [7, 11) is 0. The quantitative estimate of drug-likeness (QED) is 0.587. The highest BCUT2D eigenvalue weighted by Gasteiger charge is 2.32. The van der Waals surface area contributed by atoms with E-state index in [1.165, 1.54) is 37.7 Å². The Balaban J connectivity index is 2.63. The number of ether oxygens (including phenoxy) is 1. The average Bonchev–Trinajstić information content (AvgIpc) is 2.06. The topological polar surface area (TPSA) is 9.23 Å². The van der Waals surface area contributed by atoms with E-state index in [0.29, 0.717) is 0 Å². The Labute approximate surface area is 75.8 Å². The molecule has 0 bridgehead atoms. The summed E-state index contributed by atoms with van der Waals surface area (Å²) in [6.07, 6.45) is 6.31. The van der Waals surface area contributed by atoms with Crippen LogP contribution in [-0.2, 0) is 4.74 Å². The van der Waals surface area contributed by atoms with Gasteiger partial charge in [-0.25, -0.2) is 0 Å². The highest BCUT2D eigenvalue weighted by Crippen LogP contribution is 2.36. The van der Waals surface area contributed by atoms with Crippen LogP contribution >= 0.6 is 0 Å². The van der Waals surface area contributed by atoms with Gasteiger partial charge in [0.25, 0.3) is 0 Å². The molecule has 70 valence electrons. The monoisotopic (exact) mass is 168 g/mol. The SMILES string of the molecule is C=C(C)C1(OCC)CCCCC1. The van der Waals surface area contributed by atoms with Crippen LogP contribution in [0.25, 0.3) is 0 Å². The van der Waals surface area contributed by atoms with E-state index in [1.54, 1.807) is 0 Å². The zero-order valence-electron chi connectivity index (χ0n) is 8.36. The summed E-state index contributed by atoms with van der Waals surface area (Å²) >= 11 is 0. The molecule has 1 aliphatic rings. The molecule has 0 N–H and O–H groups in total. The van der Waals surface area contributed by atoms with Gasteiger partial charge < -0.3 is 4.74 Å². The summed E-state index contributed by atoms with van der Waals surface area (Å²) in [6, 6.07) is 0. The molecular weight excluding hydrogens is 148 g/mol. The van der Waals surface area contributed by atoms with Crippen LogP contribution in [-0.4, -0.2) is 12.2 Å². The van der Waals surface area contributed by atoms with Gasteiger partial charge in [0.05, 0.1) is 5.60 Å². The number of rotatable bonds is 3. The molecule has 1 heteroatoms. The van der Waals surface area contributed by atoms with Gasteiger partial charge in [-0.1, -0.05) is 25.8 Å². The fraction of sp³-hybridized carbons (Fsp3) is 0.818. The van der Waals surface area contributed by atoms with Gasteiger partial charge in [0.1, 0.15) is 0 Å². The minimum Gasteiger partial charge on any atom is -0.371 e. The van der Waals surface area contributed by atoms with Crippen LogP contribution in [0.2, 0.25) is 0 Å². The summed E-state index contributed by atoms with van der Waals surface area (Å²) < 4.78 is 5.83. The van der Waals surface area contributed by atoms with Crippen molar-refractivity contribution >= 4 is 0 Å². The second kappa shape index (κ2) is 4.08. The fourth-order valence-electron chi connectivity index (χ4n) is 2.09. The van der Waals surface area contributed by atoms with E-state index in [2.05, 4.69) is 20.4 Å². The Bertz CT molecular complexity index is 149. The third-order valence-electron chi connectivity index (χ3n) is 2.86. The Morgan fingerprint density at radius 2 is 1.92 bits per heavy atom. The Morgan fingerprint density at radius 1 is 1.33 bits per heavy atom. The first-order valence-corrected chi connectivity index (χ1v) is 5.01. The second-order valence-corrected chi connectivity index (χ2v) is 3.77. The first-order valence-electron chi connectivity index (χ1n) is 5.01. The van der Waals surface area contributed by atoms with Crippen molar-refractivity contribution in [3.63, 3.8) is 0 Å². The van der Waals surface area contributed by atoms with E-state index in [0.717, 1.165) is 6.61 Å². The molecule has 1 fully saturated rings. The van der Waals surface area contributed by atoms with Crippen molar-refractivity contribution < 1.29 is 4.74 Å². The maximum atomic E-state index is 5.83. The standard InChI is InChI=1S/C11H20O/c1-4-12-11(10(2)3)8-6-5-7-9-11/h2,4-9H2,1,3H3. The lowest BCUT2D eigenvalue weighted by Crippen LogP contribution is -2.35. The lowest BCUT2D eigenvalue weighted by molar-refractivity contribution is -0.0354. The van der Waals surface area contributed by atoms with Gasteiger partial charge in [-0.2, -0.15) is 0 Å². The zero-order valence-corrected chi connectivity index (χ0v) is 8.36. The van der Waals surface area contributed by atoms with Crippen molar-refractivity contribution in [3.05, 3.63) is 12.2 Å². The van der Waals surface area contributed by atoms with Crippen LogP contribution in [0.4, 0.5) is 0 Å². The molecule has 0 heterocycles. The maximum Gasteiger partial charge on any atom is 0.0886 e. The van der Waals surface area contributed by atoms with Gasteiger partial charge in [0, 0.05) is 6.61 Å². The van der Waals surface area contributed by atoms with E-state index in [-0.39, 0.29) is 5.60 Å². The summed E-state index contributed by atoms with van der Waals surface area (Å²) in [5.41, 5.74) is 1.25. The van der Waals surface area contributed by atoms with Crippen molar-refractivity contribution in [3.8, 4) is 0 Å². The minimum absolute atomic E-state index is 0.0347. The van der Waals surface area contributed by atoms with Gasteiger partial charge in [-0.15, -0.1) is 0 Å². The van der Waals surface area contributed by atoms with Crippen molar-refractivity contribution in [1.29, 1.82) is 0 Å². The van der Waals surface area contributed by atoms with Gasteiger partial charge in [0.15, 0.2) is 0 Å². The normalized spacial score (nSPS) is 22.2. The molecule has 0 amide bonds. The largest absolute Gasteiger partial charge is 0.371 e. The summed E-state index contributed by atoms with van der Waals surface area (Å²) in [4.78, 5) is 0. The first kappa shape index (κ1) is 9.79. The van der Waals surface area contributed by atoms with E-state index < -0.39 is 0 Å². The highest BCUT2D eigenvalue weighted by molar-refractivity contribution is 5.11. The Hall–Kier alpha value is -0.300. The van der Waals surface area contributed by atoms with Crippen LogP contribution in [0.1, 0.15) is 46.0 Å². The molecule has 1 nitrogen and oxygen atoms in total. The molecule has 0 aromatic rings. The molecule has 0 aromatic carbocycles. The average molecular weight is 168 g/mol. The van der Waals surface area contributed by atoms with E-state index in [9.17, 15) is 0 Å². The Kier molecular flexibility index (Phi) is 3.33. The van der Waals surface area contributed by atoms with Gasteiger partial charge >= 0.3 is 0 Å². The third kappa shape index (κ3) is 1.89. The molecule has 0 aliphatic heterocycles. The van der Waals surface area contributed by atoms with E-state index in [4.69, 9.17) is 4.74 Å². The summed E-state index contributed by atoms with van der Waals surface area (Å²) in [6.45, 7) is 9.02. The molecule has 12 heavy (non-hydrogen) atoms.